The zero-order valence-electron chi connectivity index (χ0n) is 19.8. The summed E-state index contributed by atoms with van der Waals surface area (Å²) in [5, 5.41) is 20.8. The third-order valence-electron chi connectivity index (χ3n) is 6.64. The van der Waals surface area contributed by atoms with Crippen LogP contribution >= 0.6 is 0 Å². The van der Waals surface area contributed by atoms with Crippen molar-refractivity contribution >= 4 is 17.5 Å². The van der Waals surface area contributed by atoms with Crippen molar-refractivity contribution in [1.82, 2.24) is 20.2 Å². The fourth-order valence-electron chi connectivity index (χ4n) is 4.78. The van der Waals surface area contributed by atoms with E-state index in [-0.39, 0.29) is 35.3 Å². The summed E-state index contributed by atoms with van der Waals surface area (Å²) in [6.07, 6.45) is 0.538. The summed E-state index contributed by atoms with van der Waals surface area (Å²) in [5.74, 6) is 0.185. The second kappa shape index (κ2) is 11.7. The van der Waals surface area contributed by atoms with Gasteiger partial charge in [-0.05, 0) is 37.7 Å². The van der Waals surface area contributed by atoms with Crippen molar-refractivity contribution in [1.29, 1.82) is 0 Å². The van der Waals surface area contributed by atoms with Gasteiger partial charge in [0, 0.05) is 50.9 Å². The Morgan fingerprint density at radius 2 is 1.86 bits per heavy atom. The van der Waals surface area contributed by atoms with Crippen LogP contribution in [-0.4, -0.2) is 64.9 Å². The van der Waals surface area contributed by atoms with Gasteiger partial charge in [-0.2, -0.15) is 4.98 Å². The Bertz CT molecular complexity index is 1030. The molecule has 36 heavy (non-hydrogen) atoms. The Morgan fingerprint density at radius 1 is 1.14 bits per heavy atom. The summed E-state index contributed by atoms with van der Waals surface area (Å²) in [6.45, 7) is 4.69. The van der Waals surface area contributed by atoms with Crippen molar-refractivity contribution in [3.63, 3.8) is 0 Å². The van der Waals surface area contributed by atoms with Crippen LogP contribution < -0.4 is 20.7 Å². The van der Waals surface area contributed by atoms with E-state index < -0.39 is 11.3 Å². The standard InChI is InChI=1S/C23H30F3N7O3/c24-23(25,26)36-20-4-2-1-3-17(20)14-29-22-30-15-19(33(34)35)21(31-22)28-13-16-5-7-18(8-6-16)32-11-9-27-10-12-32/h1-4,15-16,18,27H,5-14H2,(H2,28,29,30,31). The van der Waals surface area contributed by atoms with Crippen LogP contribution in [0.25, 0.3) is 0 Å². The molecule has 1 aliphatic carbocycles. The van der Waals surface area contributed by atoms with Crippen LogP contribution in [0.4, 0.5) is 30.6 Å². The largest absolute Gasteiger partial charge is 0.573 e. The second-order valence-corrected chi connectivity index (χ2v) is 9.04. The van der Waals surface area contributed by atoms with Crippen molar-refractivity contribution in [3.05, 3.63) is 46.1 Å². The molecule has 3 N–H and O–H groups in total. The van der Waals surface area contributed by atoms with E-state index in [9.17, 15) is 23.3 Å². The Labute approximate surface area is 206 Å². The van der Waals surface area contributed by atoms with Gasteiger partial charge in [0.1, 0.15) is 11.9 Å². The molecule has 0 amide bonds. The molecule has 0 bridgehead atoms. The monoisotopic (exact) mass is 509 g/mol. The van der Waals surface area contributed by atoms with Gasteiger partial charge in [0.2, 0.25) is 11.8 Å². The number of hydrogen-bond acceptors (Lipinski definition) is 9. The summed E-state index contributed by atoms with van der Waals surface area (Å²) < 4.78 is 42.1. The fraction of sp³-hybridized carbons (Fsp3) is 0.565. The lowest BCUT2D eigenvalue weighted by Crippen LogP contribution is -2.49. The van der Waals surface area contributed by atoms with Crippen LogP contribution in [0.1, 0.15) is 31.2 Å². The number of anilines is 2. The van der Waals surface area contributed by atoms with E-state index in [4.69, 9.17) is 0 Å². The number of rotatable bonds is 9. The first-order valence-corrected chi connectivity index (χ1v) is 12.1. The van der Waals surface area contributed by atoms with E-state index in [1.54, 1.807) is 6.07 Å². The number of alkyl halides is 3. The summed E-state index contributed by atoms with van der Waals surface area (Å²) >= 11 is 0. The van der Waals surface area contributed by atoms with E-state index in [0.29, 0.717) is 18.5 Å². The molecule has 196 valence electrons. The molecule has 2 aromatic rings. The Balaban J connectivity index is 1.35. The number of benzene rings is 1. The maximum absolute atomic E-state index is 12.7. The number of piperazine rings is 1. The number of nitrogens with zero attached hydrogens (tertiary/aromatic N) is 4. The van der Waals surface area contributed by atoms with E-state index >= 15 is 0 Å². The molecule has 1 saturated heterocycles. The maximum Gasteiger partial charge on any atom is 0.573 e. The minimum atomic E-state index is -4.82. The van der Waals surface area contributed by atoms with Crippen LogP contribution in [0.15, 0.2) is 30.5 Å². The van der Waals surface area contributed by atoms with E-state index in [0.717, 1.165) is 58.1 Å². The van der Waals surface area contributed by atoms with Gasteiger partial charge >= 0.3 is 12.0 Å². The Kier molecular flexibility index (Phi) is 8.41. The first-order chi connectivity index (χ1) is 17.3. The van der Waals surface area contributed by atoms with Crippen LogP contribution in [0.5, 0.6) is 5.75 Å². The number of hydrogen-bond donors (Lipinski definition) is 3. The molecule has 2 heterocycles. The number of nitrogens with one attached hydrogen (secondary N) is 3. The minimum Gasteiger partial charge on any atom is -0.405 e. The van der Waals surface area contributed by atoms with Gasteiger partial charge in [0.15, 0.2) is 0 Å². The lowest BCUT2D eigenvalue weighted by molar-refractivity contribution is -0.384. The molecular formula is C23H30F3N7O3. The molecule has 2 fully saturated rings. The van der Waals surface area contributed by atoms with E-state index in [1.807, 2.05) is 0 Å². The highest BCUT2D eigenvalue weighted by atomic mass is 19.4. The molecule has 0 unspecified atom stereocenters. The number of halogens is 3. The Morgan fingerprint density at radius 3 is 2.56 bits per heavy atom. The zero-order chi connectivity index (χ0) is 25.5. The van der Waals surface area contributed by atoms with Gasteiger partial charge in [-0.1, -0.05) is 18.2 Å². The van der Waals surface area contributed by atoms with Crippen molar-refractivity contribution in [2.75, 3.05) is 43.4 Å². The molecule has 0 radical (unpaired) electrons. The molecule has 1 aromatic carbocycles. The van der Waals surface area contributed by atoms with Gasteiger partial charge in [-0.3, -0.25) is 15.0 Å². The highest BCUT2D eigenvalue weighted by Crippen LogP contribution is 2.30. The van der Waals surface area contributed by atoms with Gasteiger partial charge in [0.25, 0.3) is 0 Å². The molecule has 1 saturated carbocycles. The number of aromatic nitrogens is 2. The van der Waals surface area contributed by atoms with Crippen LogP contribution in [0.3, 0.4) is 0 Å². The minimum absolute atomic E-state index is 0.0560. The molecule has 2 aliphatic rings. The summed E-state index contributed by atoms with van der Waals surface area (Å²) in [6, 6.07) is 6.31. The first-order valence-electron chi connectivity index (χ1n) is 12.1. The van der Waals surface area contributed by atoms with Crippen molar-refractivity contribution in [3.8, 4) is 5.75 Å². The van der Waals surface area contributed by atoms with Crippen molar-refractivity contribution in [2.24, 2.45) is 5.92 Å². The smallest absolute Gasteiger partial charge is 0.405 e. The topological polar surface area (TPSA) is 117 Å². The molecule has 10 nitrogen and oxygen atoms in total. The summed E-state index contributed by atoms with van der Waals surface area (Å²) in [7, 11) is 0. The van der Waals surface area contributed by atoms with Gasteiger partial charge in [0.05, 0.1) is 4.92 Å². The first kappa shape index (κ1) is 25.9. The van der Waals surface area contributed by atoms with Crippen LogP contribution in [-0.2, 0) is 6.54 Å². The maximum atomic E-state index is 12.7. The average Bonchev–Trinajstić information content (AvgIpc) is 2.87. The van der Waals surface area contributed by atoms with Gasteiger partial charge < -0.3 is 20.7 Å². The highest BCUT2D eigenvalue weighted by molar-refractivity contribution is 5.57. The predicted octanol–water partition coefficient (Wildman–Crippen LogP) is 3.77. The summed E-state index contributed by atoms with van der Waals surface area (Å²) in [5.41, 5.74) is -0.0107. The predicted molar refractivity (Wildman–Crippen MR) is 128 cm³/mol. The highest BCUT2D eigenvalue weighted by Gasteiger charge is 2.32. The number of ether oxygens (including phenoxy) is 1. The summed E-state index contributed by atoms with van der Waals surface area (Å²) in [4.78, 5) is 21.7. The normalized spacial score (nSPS) is 21.1. The number of nitro groups is 1. The zero-order valence-corrected chi connectivity index (χ0v) is 19.8. The third-order valence-corrected chi connectivity index (χ3v) is 6.64. The van der Waals surface area contributed by atoms with E-state index in [2.05, 4.69) is 35.6 Å². The molecule has 1 aromatic heterocycles. The molecular weight excluding hydrogens is 479 g/mol. The lowest BCUT2D eigenvalue weighted by atomic mass is 9.85. The van der Waals surface area contributed by atoms with Crippen molar-refractivity contribution in [2.45, 2.75) is 44.6 Å². The lowest BCUT2D eigenvalue weighted by Gasteiger charge is -2.39. The van der Waals surface area contributed by atoms with Gasteiger partial charge in [-0.25, -0.2) is 4.98 Å². The molecule has 13 heteroatoms. The number of para-hydroxylation sites is 1. The van der Waals surface area contributed by atoms with Crippen LogP contribution in [0, 0.1) is 16.0 Å². The molecule has 1 aliphatic heterocycles. The second-order valence-electron chi connectivity index (χ2n) is 9.04. The Hall–Kier alpha value is -3.19. The van der Waals surface area contributed by atoms with Crippen LogP contribution in [0.2, 0.25) is 0 Å². The van der Waals surface area contributed by atoms with Crippen molar-refractivity contribution < 1.29 is 22.8 Å². The molecule has 0 atom stereocenters. The fourth-order valence-corrected chi connectivity index (χ4v) is 4.78. The molecule has 4 rings (SSSR count). The van der Waals surface area contributed by atoms with E-state index in [1.165, 1.54) is 18.2 Å². The van der Waals surface area contributed by atoms with Gasteiger partial charge in [-0.15, -0.1) is 13.2 Å². The average molecular weight is 510 g/mol. The molecule has 0 spiro atoms. The third kappa shape index (κ3) is 7.17. The quantitative estimate of drug-likeness (QED) is 0.343. The SMILES string of the molecule is O=[N+]([O-])c1cnc(NCc2ccccc2OC(F)(F)F)nc1NCC1CCC(N2CCNCC2)CC1.